The Morgan fingerprint density at radius 3 is 2.86 bits per heavy atom. The maximum Gasteiger partial charge on any atom is 0.220 e. The highest BCUT2D eigenvalue weighted by molar-refractivity contribution is 7.80. The van der Waals surface area contributed by atoms with Gasteiger partial charge in [-0.05, 0) is 57.2 Å². The van der Waals surface area contributed by atoms with Crippen LogP contribution in [0.5, 0.6) is 0 Å². The number of hydrogen-bond donors (Lipinski definition) is 4. The van der Waals surface area contributed by atoms with Crippen LogP contribution in [-0.4, -0.2) is 35.8 Å². The summed E-state index contributed by atoms with van der Waals surface area (Å²) in [6, 6.07) is 0.575. The van der Waals surface area contributed by atoms with Crippen molar-refractivity contribution in [3.63, 3.8) is 0 Å². The third kappa shape index (κ3) is 8.53. The molecule has 0 aliphatic heterocycles. The molecule has 2 rings (SSSR count). The first-order valence-corrected chi connectivity index (χ1v) is 12.1. The molecule has 0 radical (unpaired) electrons. The summed E-state index contributed by atoms with van der Waals surface area (Å²) in [5, 5.41) is 10.8. The molecular formula is C21H36N4OS2. The summed E-state index contributed by atoms with van der Waals surface area (Å²) in [4.78, 5) is 18.1. The summed E-state index contributed by atoms with van der Waals surface area (Å²) in [7, 11) is 0. The molecule has 1 heterocycles. The number of aryl methyl sites for hydroxylation is 1. The molecule has 1 amide bonds. The van der Waals surface area contributed by atoms with Gasteiger partial charge in [0, 0.05) is 29.6 Å². The molecule has 1 aliphatic rings. The number of fused-ring (bicyclic) bond motifs is 1. The van der Waals surface area contributed by atoms with Gasteiger partial charge < -0.3 is 16.0 Å². The summed E-state index contributed by atoms with van der Waals surface area (Å²) in [6.45, 7) is 8.11. The van der Waals surface area contributed by atoms with Crippen LogP contribution in [0.2, 0.25) is 0 Å². The number of aromatic nitrogens is 1. The predicted octanol–water partition coefficient (Wildman–Crippen LogP) is 4.31. The normalized spacial score (nSPS) is 15.9. The second-order valence-corrected chi connectivity index (χ2v) is 9.03. The minimum absolute atomic E-state index is 0.0976. The monoisotopic (exact) mass is 424 g/mol. The molecule has 0 saturated heterocycles. The van der Waals surface area contributed by atoms with E-state index in [1.54, 1.807) is 11.3 Å². The lowest BCUT2D eigenvalue weighted by atomic mass is 9.98. The van der Waals surface area contributed by atoms with Crippen molar-refractivity contribution in [2.24, 2.45) is 0 Å². The van der Waals surface area contributed by atoms with Gasteiger partial charge in [-0.1, -0.05) is 26.3 Å². The highest BCUT2D eigenvalue weighted by Gasteiger charge is 2.22. The molecule has 3 N–H and O–H groups in total. The quantitative estimate of drug-likeness (QED) is 0.265. The lowest BCUT2D eigenvalue weighted by Crippen LogP contribution is -2.34. The number of unbranched alkanes of at least 4 members (excludes halogenated alkanes) is 3. The highest BCUT2D eigenvalue weighted by Crippen LogP contribution is 2.30. The van der Waals surface area contributed by atoms with E-state index in [4.69, 9.17) is 4.98 Å². The molecule has 0 saturated carbocycles. The second-order valence-electron chi connectivity index (χ2n) is 7.50. The molecule has 0 unspecified atom stereocenters. The van der Waals surface area contributed by atoms with Crippen LogP contribution in [0.4, 0.5) is 5.13 Å². The average Bonchev–Trinajstić information content (AvgIpc) is 3.08. The van der Waals surface area contributed by atoms with Crippen molar-refractivity contribution in [2.45, 2.75) is 77.2 Å². The smallest absolute Gasteiger partial charge is 0.220 e. The van der Waals surface area contributed by atoms with Crippen molar-refractivity contribution >= 4 is 35.0 Å². The van der Waals surface area contributed by atoms with E-state index in [9.17, 15) is 4.79 Å². The Balaban J connectivity index is 1.64. The van der Waals surface area contributed by atoms with E-state index < -0.39 is 0 Å². The van der Waals surface area contributed by atoms with E-state index in [-0.39, 0.29) is 5.91 Å². The van der Waals surface area contributed by atoms with Crippen LogP contribution < -0.4 is 16.0 Å². The Bertz CT molecular complexity index is 618. The number of carbonyl (C=O) groups is 1. The van der Waals surface area contributed by atoms with E-state index >= 15 is 0 Å². The Morgan fingerprint density at radius 1 is 1.25 bits per heavy atom. The molecule has 0 aromatic carbocycles. The van der Waals surface area contributed by atoms with E-state index in [2.05, 4.69) is 42.1 Å². The Hall–Kier alpha value is -1.05. The summed E-state index contributed by atoms with van der Waals surface area (Å²) >= 11 is 5.94. The molecule has 28 heavy (non-hydrogen) atoms. The number of hydrogen-bond acceptors (Lipinski definition) is 6. The van der Waals surface area contributed by atoms with Gasteiger partial charge >= 0.3 is 0 Å². The average molecular weight is 425 g/mol. The van der Waals surface area contributed by atoms with Gasteiger partial charge in [0.1, 0.15) is 0 Å². The summed E-state index contributed by atoms with van der Waals surface area (Å²) in [5.74, 6) is 1.04. The SMILES string of the molecule is C=C(CCC(=O)NCCCCCCS)Nc1nc2c(s1)C[C@@H](NCCC)CC2. The van der Waals surface area contributed by atoms with Gasteiger partial charge in [0.05, 0.1) is 5.69 Å². The minimum Gasteiger partial charge on any atom is -0.356 e. The first-order chi connectivity index (χ1) is 13.6. The molecule has 1 atom stereocenters. The summed E-state index contributed by atoms with van der Waals surface area (Å²) < 4.78 is 0. The number of rotatable bonds is 14. The van der Waals surface area contributed by atoms with Gasteiger partial charge in [0.15, 0.2) is 5.13 Å². The van der Waals surface area contributed by atoms with Crippen molar-refractivity contribution in [1.82, 2.24) is 15.6 Å². The fourth-order valence-corrected chi connectivity index (χ4v) is 4.69. The molecule has 1 aromatic heterocycles. The molecule has 1 aromatic rings. The van der Waals surface area contributed by atoms with E-state index in [1.807, 2.05) is 0 Å². The number of allylic oxidation sites excluding steroid dienone is 1. The molecule has 5 nitrogen and oxygen atoms in total. The maximum absolute atomic E-state index is 12.0. The zero-order valence-corrected chi connectivity index (χ0v) is 18.9. The molecule has 0 bridgehead atoms. The molecular weight excluding hydrogens is 388 g/mol. The zero-order chi connectivity index (χ0) is 20.2. The number of nitrogens with one attached hydrogen (secondary N) is 3. The number of thiazole rings is 1. The van der Waals surface area contributed by atoms with Crippen LogP contribution in [0.15, 0.2) is 12.3 Å². The van der Waals surface area contributed by atoms with Crippen molar-refractivity contribution in [3.8, 4) is 0 Å². The molecule has 7 heteroatoms. The number of nitrogens with zero attached hydrogens (tertiary/aromatic N) is 1. The van der Waals surface area contributed by atoms with Gasteiger partial charge in [-0.3, -0.25) is 4.79 Å². The third-order valence-corrected chi connectivity index (χ3v) is 6.32. The highest BCUT2D eigenvalue weighted by atomic mass is 32.1. The van der Waals surface area contributed by atoms with Crippen LogP contribution in [0, 0.1) is 0 Å². The van der Waals surface area contributed by atoms with Crippen molar-refractivity contribution in [3.05, 3.63) is 22.8 Å². The maximum atomic E-state index is 12.0. The Morgan fingerprint density at radius 2 is 2.07 bits per heavy atom. The lowest BCUT2D eigenvalue weighted by Gasteiger charge is -2.21. The molecule has 0 spiro atoms. The van der Waals surface area contributed by atoms with Crippen molar-refractivity contribution in [2.75, 3.05) is 24.2 Å². The van der Waals surface area contributed by atoms with Crippen LogP contribution in [0.1, 0.15) is 68.9 Å². The fraction of sp³-hybridized carbons (Fsp3) is 0.714. The number of thiol groups is 1. The predicted molar refractivity (Wildman–Crippen MR) is 124 cm³/mol. The molecule has 0 fully saturated rings. The van der Waals surface area contributed by atoms with Gasteiger partial charge in [-0.25, -0.2) is 4.98 Å². The summed E-state index contributed by atoms with van der Waals surface area (Å²) in [6.07, 6.45) is 10.1. The van der Waals surface area contributed by atoms with E-state index in [0.717, 1.165) is 68.2 Å². The largest absolute Gasteiger partial charge is 0.356 e. The fourth-order valence-electron chi connectivity index (χ4n) is 3.34. The zero-order valence-electron chi connectivity index (χ0n) is 17.2. The van der Waals surface area contributed by atoms with E-state index in [1.165, 1.54) is 23.4 Å². The number of amides is 1. The topological polar surface area (TPSA) is 66.0 Å². The first-order valence-electron chi connectivity index (χ1n) is 10.7. The second kappa shape index (κ2) is 13.2. The number of anilines is 1. The van der Waals surface area contributed by atoms with Crippen LogP contribution >= 0.6 is 24.0 Å². The Labute approximate surface area is 179 Å². The third-order valence-electron chi connectivity index (χ3n) is 4.97. The number of carbonyl (C=O) groups excluding carboxylic acids is 1. The van der Waals surface area contributed by atoms with Gasteiger partial charge in [-0.2, -0.15) is 12.6 Å². The van der Waals surface area contributed by atoms with Crippen molar-refractivity contribution in [1.29, 1.82) is 0 Å². The minimum atomic E-state index is 0.0976. The van der Waals surface area contributed by atoms with Crippen LogP contribution in [0.25, 0.3) is 0 Å². The van der Waals surface area contributed by atoms with Crippen LogP contribution in [-0.2, 0) is 17.6 Å². The standard InChI is InChI=1S/C21H36N4OS2/c1-3-12-22-17-9-10-18-19(15-17)28-21(25-18)24-16(2)8-11-20(26)23-13-6-4-5-7-14-27/h17,22,27H,2-15H2,1H3,(H,23,26)(H,24,25)/t17-/m0/s1. The van der Waals surface area contributed by atoms with Gasteiger partial charge in [-0.15, -0.1) is 11.3 Å². The van der Waals surface area contributed by atoms with Crippen molar-refractivity contribution < 1.29 is 4.79 Å². The Kier molecular flexibility index (Phi) is 11.0. The van der Waals surface area contributed by atoms with E-state index in [0.29, 0.717) is 18.9 Å². The van der Waals surface area contributed by atoms with Gasteiger partial charge in [0.25, 0.3) is 0 Å². The summed E-state index contributed by atoms with van der Waals surface area (Å²) in [5.41, 5.74) is 2.08. The van der Waals surface area contributed by atoms with Gasteiger partial charge in [0.2, 0.25) is 5.91 Å². The van der Waals surface area contributed by atoms with Crippen LogP contribution in [0.3, 0.4) is 0 Å². The molecule has 1 aliphatic carbocycles. The lowest BCUT2D eigenvalue weighted by molar-refractivity contribution is -0.121. The first kappa shape index (κ1) is 23.2. The molecule has 158 valence electrons.